The Hall–Kier alpha value is -1.17. The number of aliphatic imine (C=N–C) groups is 1. The molecule has 2 nitrogen and oxygen atoms in total. The molecule has 1 aromatic carbocycles. The molecule has 2 unspecified atom stereocenters. The number of amidine groups is 1. The van der Waals surface area contributed by atoms with Crippen LogP contribution >= 0.6 is 11.8 Å². The van der Waals surface area contributed by atoms with Gasteiger partial charge in [-0.05, 0) is 37.0 Å². The number of hydrogen-bond acceptors (Lipinski definition) is 3. The second kappa shape index (κ2) is 5.31. The Bertz CT molecular complexity index is 527. The summed E-state index contributed by atoms with van der Waals surface area (Å²) < 4.78 is 38.0. The van der Waals surface area contributed by atoms with Crippen LogP contribution in [-0.4, -0.2) is 17.0 Å². The van der Waals surface area contributed by atoms with Gasteiger partial charge in [0.25, 0.3) is 0 Å². The van der Waals surface area contributed by atoms with Crippen LogP contribution < -0.4 is 5.32 Å². The highest BCUT2D eigenvalue weighted by Gasteiger charge is 2.32. The van der Waals surface area contributed by atoms with Crippen LogP contribution in [0.15, 0.2) is 29.3 Å². The van der Waals surface area contributed by atoms with E-state index in [2.05, 4.69) is 10.3 Å². The summed E-state index contributed by atoms with van der Waals surface area (Å²) in [7, 11) is 0. The Morgan fingerprint density at radius 1 is 1.25 bits per heavy atom. The minimum absolute atomic E-state index is 0.351. The van der Waals surface area contributed by atoms with E-state index in [1.165, 1.54) is 18.9 Å². The topological polar surface area (TPSA) is 24.4 Å². The average Bonchev–Trinajstić information content (AvgIpc) is 2.85. The van der Waals surface area contributed by atoms with Crippen molar-refractivity contribution in [1.82, 2.24) is 0 Å². The number of alkyl halides is 3. The van der Waals surface area contributed by atoms with Gasteiger partial charge in [-0.1, -0.05) is 24.2 Å². The minimum atomic E-state index is -4.31. The molecule has 2 aliphatic rings. The summed E-state index contributed by atoms with van der Waals surface area (Å²) >= 11 is 1.61. The van der Waals surface area contributed by atoms with Gasteiger partial charge in [0.2, 0.25) is 0 Å². The molecule has 2 atom stereocenters. The summed E-state index contributed by atoms with van der Waals surface area (Å²) in [6.07, 6.45) is -0.789. The predicted octanol–water partition coefficient (Wildman–Crippen LogP) is 4.39. The molecule has 0 amide bonds. The van der Waals surface area contributed by atoms with E-state index in [1.54, 1.807) is 17.8 Å². The lowest BCUT2D eigenvalue weighted by molar-refractivity contribution is -0.137. The summed E-state index contributed by atoms with van der Waals surface area (Å²) in [6, 6.07) is 5.61. The van der Waals surface area contributed by atoms with Crippen LogP contribution in [0.25, 0.3) is 0 Å². The zero-order valence-electron chi connectivity index (χ0n) is 10.8. The first-order valence-corrected chi connectivity index (χ1v) is 7.66. The van der Waals surface area contributed by atoms with Crippen LogP contribution in [0.4, 0.5) is 18.9 Å². The van der Waals surface area contributed by atoms with E-state index < -0.39 is 11.7 Å². The van der Waals surface area contributed by atoms with E-state index in [9.17, 15) is 13.2 Å². The van der Waals surface area contributed by atoms with Crippen molar-refractivity contribution in [3.05, 3.63) is 29.8 Å². The van der Waals surface area contributed by atoms with Gasteiger partial charge < -0.3 is 5.32 Å². The Morgan fingerprint density at radius 2 is 2.10 bits per heavy atom. The fraction of sp³-hybridized carbons (Fsp3) is 0.500. The fourth-order valence-corrected chi connectivity index (χ4v) is 3.88. The van der Waals surface area contributed by atoms with Crippen LogP contribution in [0.2, 0.25) is 0 Å². The third-order valence-electron chi connectivity index (χ3n) is 3.78. The largest absolute Gasteiger partial charge is 0.416 e. The normalized spacial score (nSPS) is 26.1. The number of anilines is 1. The van der Waals surface area contributed by atoms with Crippen LogP contribution in [0, 0.1) is 5.92 Å². The number of benzene rings is 1. The summed E-state index contributed by atoms with van der Waals surface area (Å²) in [4.78, 5) is 4.62. The van der Waals surface area contributed by atoms with Gasteiger partial charge in [0, 0.05) is 11.4 Å². The maximum atomic E-state index is 12.7. The summed E-state index contributed by atoms with van der Waals surface area (Å²) in [5.74, 6) is 1.65. The van der Waals surface area contributed by atoms with Gasteiger partial charge in [-0.2, -0.15) is 13.2 Å². The van der Waals surface area contributed by atoms with Crippen LogP contribution in [0.5, 0.6) is 0 Å². The van der Waals surface area contributed by atoms with Gasteiger partial charge in [-0.25, -0.2) is 0 Å². The highest BCUT2D eigenvalue weighted by atomic mass is 32.2. The predicted molar refractivity (Wildman–Crippen MR) is 76.1 cm³/mol. The van der Waals surface area contributed by atoms with Gasteiger partial charge in [0.1, 0.15) is 0 Å². The number of thioether (sulfide) groups is 1. The van der Waals surface area contributed by atoms with Crippen LogP contribution in [-0.2, 0) is 6.18 Å². The van der Waals surface area contributed by atoms with Crippen molar-refractivity contribution in [2.75, 3.05) is 11.1 Å². The number of fused-ring (bicyclic) bond motifs is 1. The SMILES string of the molecule is FC(F)(F)c1cccc(NC2=NC3CCCC3CS2)c1. The van der Waals surface area contributed by atoms with Crippen molar-refractivity contribution < 1.29 is 13.2 Å². The molecule has 1 heterocycles. The third-order valence-corrected chi connectivity index (χ3v) is 4.85. The first-order valence-electron chi connectivity index (χ1n) is 6.67. The molecule has 1 saturated carbocycles. The molecule has 20 heavy (non-hydrogen) atoms. The van der Waals surface area contributed by atoms with Crippen molar-refractivity contribution in [3.8, 4) is 0 Å². The van der Waals surface area contributed by atoms with Crippen molar-refractivity contribution in [2.45, 2.75) is 31.5 Å². The molecule has 3 rings (SSSR count). The van der Waals surface area contributed by atoms with Gasteiger partial charge >= 0.3 is 6.18 Å². The molecule has 1 aliphatic heterocycles. The molecule has 0 spiro atoms. The Kier molecular flexibility index (Phi) is 3.67. The monoisotopic (exact) mass is 300 g/mol. The highest BCUT2D eigenvalue weighted by molar-refractivity contribution is 8.14. The summed E-state index contributed by atoms with van der Waals surface area (Å²) in [5, 5.41) is 3.76. The van der Waals surface area contributed by atoms with Crippen molar-refractivity contribution >= 4 is 22.6 Å². The quantitative estimate of drug-likeness (QED) is 0.832. The first-order chi connectivity index (χ1) is 9.52. The molecule has 1 N–H and O–H groups in total. The number of nitrogens with one attached hydrogen (secondary N) is 1. The molecule has 1 aromatic rings. The molecular weight excluding hydrogens is 285 g/mol. The number of nitrogens with zero attached hydrogens (tertiary/aromatic N) is 1. The lowest BCUT2D eigenvalue weighted by Crippen LogP contribution is -2.25. The molecule has 6 heteroatoms. The number of rotatable bonds is 1. The van der Waals surface area contributed by atoms with E-state index in [0.717, 1.165) is 29.5 Å². The molecule has 1 aliphatic carbocycles. The molecule has 0 bridgehead atoms. The molecule has 1 fully saturated rings. The zero-order chi connectivity index (χ0) is 14.2. The van der Waals surface area contributed by atoms with E-state index in [-0.39, 0.29) is 0 Å². The van der Waals surface area contributed by atoms with Gasteiger partial charge in [0.05, 0.1) is 11.6 Å². The average molecular weight is 300 g/mol. The second-order valence-electron chi connectivity index (χ2n) is 5.21. The summed E-state index contributed by atoms with van der Waals surface area (Å²) in [5.41, 5.74) is -0.190. The lowest BCUT2D eigenvalue weighted by atomic mass is 10.1. The first kappa shape index (κ1) is 13.8. The molecular formula is C14H15F3N2S. The van der Waals surface area contributed by atoms with E-state index in [0.29, 0.717) is 17.6 Å². The molecule has 0 radical (unpaired) electrons. The fourth-order valence-electron chi connectivity index (χ4n) is 2.72. The minimum Gasteiger partial charge on any atom is -0.335 e. The third kappa shape index (κ3) is 2.95. The highest BCUT2D eigenvalue weighted by Crippen LogP contribution is 2.36. The van der Waals surface area contributed by atoms with Gasteiger partial charge in [0.15, 0.2) is 5.17 Å². The van der Waals surface area contributed by atoms with Gasteiger partial charge in [-0.3, -0.25) is 4.99 Å². The van der Waals surface area contributed by atoms with E-state index >= 15 is 0 Å². The van der Waals surface area contributed by atoms with Crippen LogP contribution in [0.1, 0.15) is 24.8 Å². The molecule has 108 valence electrons. The zero-order valence-corrected chi connectivity index (χ0v) is 11.6. The van der Waals surface area contributed by atoms with Crippen molar-refractivity contribution in [1.29, 1.82) is 0 Å². The number of hydrogen-bond donors (Lipinski definition) is 1. The maximum Gasteiger partial charge on any atom is 0.416 e. The standard InChI is InChI=1S/C14H15F3N2S/c15-14(16,17)10-4-2-5-11(7-10)18-13-19-12-6-1-3-9(12)8-20-13/h2,4-5,7,9,12H,1,3,6,8H2,(H,18,19). The van der Waals surface area contributed by atoms with Crippen molar-refractivity contribution in [3.63, 3.8) is 0 Å². The van der Waals surface area contributed by atoms with Crippen molar-refractivity contribution in [2.24, 2.45) is 10.9 Å². The van der Waals surface area contributed by atoms with Crippen LogP contribution in [0.3, 0.4) is 0 Å². The van der Waals surface area contributed by atoms with E-state index in [4.69, 9.17) is 0 Å². The maximum absolute atomic E-state index is 12.7. The Balaban J connectivity index is 1.75. The molecule has 0 saturated heterocycles. The number of halogens is 3. The Morgan fingerprint density at radius 3 is 2.90 bits per heavy atom. The van der Waals surface area contributed by atoms with E-state index in [1.807, 2.05) is 0 Å². The molecule has 0 aromatic heterocycles. The summed E-state index contributed by atoms with van der Waals surface area (Å²) in [6.45, 7) is 0. The Labute approximate surface area is 119 Å². The van der Waals surface area contributed by atoms with Gasteiger partial charge in [-0.15, -0.1) is 0 Å². The smallest absolute Gasteiger partial charge is 0.335 e. The second-order valence-corrected chi connectivity index (χ2v) is 6.22. The lowest BCUT2D eigenvalue weighted by Gasteiger charge is -2.23.